The van der Waals surface area contributed by atoms with Crippen LogP contribution in [0, 0.1) is 0 Å². The highest BCUT2D eigenvalue weighted by molar-refractivity contribution is 5.76. The molecule has 76 valence electrons. The maximum absolute atomic E-state index is 11.5. The van der Waals surface area contributed by atoms with E-state index < -0.39 is 0 Å². The largest absolute Gasteiger partial charge is 0.350 e. The molecule has 2 N–H and O–H groups in total. The van der Waals surface area contributed by atoms with Gasteiger partial charge in [-0.1, -0.05) is 0 Å². The molecule has 1 atom stereocenters. The zero-order chi connectivity index (χ0) is 9.80. The van der Waals surface area contributed by atoms with Crippen molar-refractivity contribution in [2.24, 2.45) is 0 Å². The Bertz CT molecular complexity index is 290. The Labute approximate surface area is 82.5 Å². The summed E-state index contributed by atoms with van der Waals surface area (Å²) in [5.41, 5.74) is 0. The molecule has 1 aliphatic heterocycles. The van der Waals surface area contributed by atoms with Crippen molar-refractivity contribution in [2.45, 2.75) is 19.0 Å². The lowest BCUT2D eigenvalue weighted by Gasteiger charge is -2.10. The summed E-state index contributed by atoms with van der Waals surface area (Å²) in [7, 11) is 0. The summed E-state index contributed by atoms with van der Waals surface area (Å²) in [4.78, 5) is 11.5. The van der Waals surface area contributed by atoms with E-state index in [9.17, 15) is 4.79 Å². The van der Waals surface area contributed by atoms with E-state index >= 15 is 0 Å². The van der Waals surface area contributed by atoms with Gasteiger partial charge in [0.25, 0.3) is 0 Å². The van der Waals surface area contributed by atoms with Crippen LogP contribution in [0.3, 0.4) is 0 Å². The number of aromatic nitrogens is 2. The van der Waals surface area contributed by atoms with Crippen molar-refractivity contribution in [2.75, 3.05) is 13.1 Å². The van der Waals surface area contributed by atoms with Gasteiger partial charge >= 0.3 is 0 Å². The van der Waals surface area contributed by atoms with Gasteiger partial charge < -0.3 is 10.6 Å². The average molecular weight is 194 g/mol. The van der Waals surface area contributed by atoms with E-state index in [0.29, 0.717) is 6.54 Å². The standard InChI is InChI=1S/C9H14N4O/c14-9(7-13-5-1-3-11-13)12-8-2-4-10-6-8/h1,3,5,8,10H,2,4,6-7H2,(H,12,14). The van der Waals surface area contributed by atoms with Gasteiger partial charge in [-0.15, -0.1) is 0 Å². The molecule has 0 saturated carbocycles. The molecule has 0 bridgehead atoms. The van der Waals surface area contributed by atoms with Gasteiger partial charge in [-0.05, 0) is 19.0 Å². The van der Waals surface area contributed by atoms with E-state index in [1.54, 1.807) is 17.1 Å². The number of rotatable bonds is 3. The minimum Gasteiger partial charge on any atom is -0.350 e. The fourth-order valence-electron chi connectivity index (χ4n) is 1.59. The Hall–Kier alpha value is -1.36. The van der Waals surface area contributed by atoms with Crippen LogP contribution in [-0.4, -0.2) is 34.8 Å². The van der Waals surface area contributed by atoms with Gasteiger partial charge in [-0.2, -0.15) is 5.10 Å². The number of carbonyl (C=O) groups excluding carboxylic acids is 1. The summed E-state index contributed by atoms with van der Waals surface area (Å²) in [5.74, 6) is 0.0300. The van der Waals surface area contributed by atoms with Crippen LogP contribution in [-0.2, 0) is 11.3 Å². The molecule has 0 spiro atoms. The molecule has 5 heteroatoms. The summed E-state index contributed by atoms with van der Waals surface area (Å²) < 4.78 is 1.62. The van der Waals surface area contributed by atoms with Crippen LogP contribution < -0.4 is 10.6 Å². The van der Waals surface area contributed by atoms with Crippen LogP contribution in [0.4, 0.5) is 0 Å². The smallest absolute Gasteiger partial charge is 0.241 e. The van der Waals surface area contributed by atoms with Gasteiger partial charge in [0.2, 0.25) is 5.91 Å². The molecule has 1 aromatic rings. The van der Waals surface area contributed by atoms with Crippen LogP contribution in [0.2, 0.25) is 0 Å². The predicted octanol–water partition coefficient (Wildman–Crippen LogP) is -0.639. The molecule has 0 aliphatic carbocycles. The van der Waals surface area contributed by atoms with E-state index in [2.05, 4.69) is 15.7 Å². The van der Waals surface area contributed by atoms with Crippen LogP contribution in [0.5, 0.6) is 0 Å². The number of amides is 1. The lowest BCUT2D eigenvalue weighted by molar-refractivity contribution is -0.122. The van der Waals surface area contributed by atoms with Gasteiger partial charge in [0.05, 0.1) is 0 Å². The molecule has 1 aromatic heterocycles. The van der Waals surface area contributed by atoms with Gasteiger partial charge in [0.1, 0.15) is 6.54 Å². The van der Waals surface area contributed by atoms with Gasteiger partial charge in [0, 0.05) is 25.0 Å². The highest BCUT2D eigenvalue weighted by atomic mass is 16.2. The molecule has 2 heterocycles. The fourth-order valence-corrected chi connectivity index (χ4v) is 1.59. The molecule has 1 unspecified atom stereocenters. The SMILES string of the molecule is O=C(Cn1cccn1)NC1CCNC1. The monoisotopic (exact) mass is 194 g/mol. The van der Waals surface area contributed by atoms with Crippen LogP contribution >= 0.6 is 0 Å². The van der Waals surface area contributed by atoms with Crippen LogP contribution in [0.1, 0.15) is 6.42 Å². The minimum atomic E-state index is 0.0300. The fraction of sp³-hybridized carbons (Fsp3) is 0.556. The van der Waals surface area contributed by atoms with Crippen molar-refractivity contribution >= 4 is 5.91 Å². The molecule has 5 nitrogen and oxygen atoms in total. The van der Waals surface area contributed by atoms with Crippen molar-refractivity contribution in [3.05, 3.63) is 18.5 Å². The molecule has 1 amide bonds. The highest BCUT2D eigenvalue weighted by Gasteiger charge is 2.16. The number of carbonyl (C=O) groups is 1. The lowest BCUT2D eigenvalue weighted by Crippen LogP contribution is -2.38. The number of hydrogen-bond donors (Lipinski definition) is 2. The number of hydrogen-bond acceptors (Lipinski definition) is 3. The summed E-state index contributed by atoms with van der Waals surface area (Å²) in [6.07, 6.45) is 4.47. The summed E-state index contributed by atoms with van der Waals surface area (Å²) in [6.45, 7) is 2.18. The van der Waals surface area contributed by atoms with E-state index in [1.807, 2.05) is 6.07 Å². The van der Waals surface area contributed by atoms with Gasteiger partial charge in [-0.25, -0.2) is 0 Å². The normalized spacial score (nSPS) is 21.0. The first-order valence-electron chi connectivity index (χ1n) is 4.82. The first-order valence-corrected chi connectivity index (χ1v) is 4.82. The van der Waals surface area contributed by atoms with Crippen molar-refractivity contribution < 1.29 is 4.79 Å². The second-order valence-corrected chi connectivity index (χ2v) is 3.46. The molecule has 1 fully saturated rings. The Balaban J connectivity index is 1.78. The number of nitrogens with zero attached hydrogens (tertiary/aromatic N) is 2. The molecule has 2 rings (SSSR count). The maximum Gasteiger partial charge on any atom is 0.241 e. The number of nitrogens with one attached hydrogen (secondary N) is 2. The van der Waals surface area contributed by atoms with E-state index in [0.717, 1.165) is 19.5 Å². The lowest BCUT2D eigenvalue weighted by atomic mass is 10.2. The Kier molecular flexibility index (Phi) is 2.78. The second kappa shape index (κ2) is 4.23. The van der Waals surface area contributed by atoms with Crippen molar-refractivity contribution in [3.63, 3.8) is 0 Å². The molecular weight excluding hydrogens is 180 g/mol. The van der Waals surface area contributed by atoms with Crippen molar-refractivity contribution in [1.82, 2.24) is 20.4 Å². The molecule has 14 heavy (non-hydrogen) atoms. The van der Waals surface area contributed by atoms with E-state index in [4.69, 9.17) is 0 Å². The predicted molar refractivity (Wildman–Crippen MR) is 51.6 cm³/mol. The zero-order valence-corrected chi connectivity index (χ0v) is 7.94. The summed E-state index contributed by atoms with van der Waals surface area (Å²) >= 11 is 0. The van der Waals surface area contributed by atoms with Crippen molar-refractivity contribution in [1.29, 1.82) is 0 Å². The minimum absolute atomic E-state index is 0.0300. The molecule has 1 saturated heterocycles. The average Bonchev–Trinajstić information content (AvgIpc) is 2.76. The highest BCUT2D eigenvalue weighted by Crippen LogP contribution is 1.96. The third-order valence-electron chi connectivity index (χ3n) is 2.29. The maximum atomic E-state index is 11.5. The third kappa shape index (κ3) is 2.32. The Morgan fingerprint density at radius 3 is 3.29 bits per heavy atom. The first kappa shape index (κ1) is 9.21. The second-order valence-electron chi connectivity index (χ2n) is 3.46. The molecule has 0 radical (unpaired) electrons. The van der Waals surface area contributed by atoms with E-state index in [-0.39, 0.29) is 11.9 Å². The molecule has 1 aliphatic rings. The molecular formula is C9H14N4O. The van der Waals surface area contributed by atoms with Gasteiger partial charge in [0.15, 0.2) is 0 Å². The Morgan fingerprint density at radius 2 is 2.64 bits per heavy atom. The summed E-state index contributed by atoms with van der Waals surface area (Å²) in [5, 5.41) is 10.1. The molecule has 0 aromatic carbocycles. The third-order valence-corrected chi connectivity index (χ3v) is 2.29. The van der Waals surface area contributed by atoms with Crippen molar-refractivity contribution in [3.8, 4) is 0 Å². The summed E-state index contributed by atoms with van der Waals surface area (Å²) in [6, 6.07) is 2.10. The Morgan fingerprint density at radius 1 is 1.71 bits per heavy atom. The zero-order valence-electron chi connectivity index (χ0n) is 7.94. The topological polar surface area (TPSA) is 59.0 Å². The van der Waals surface area contributed by atoms with E-state index in [1.165, 1.54) is 0 Å². The van der Waals surface area contributed by atoms with Gasteiger partial charge in [-0.3, -0.25) is 9.48 Å². The van der Waals surface area contributed by atoms with Crippen LogP contribution in [0.25, 0.3) is 0 Å². The van der Waals surface area contributed by atoms with Crippen LogP contribution in [0.15, 0.2) is 18.5 Å². The quantitative estimate of drug-likeness (QED) is 0.673. The first-order chi connectivity index (χ1) is 6.84.